The number of carbonyl (C=O) groups is 1. The molecule has 2 aromatic rings. The maximum absolute atomic E-state index is 13.0. The van der Waals surface area contributed by atoms with Crippen molar-refractivity contribution < 1.29 is 4.79 Å². The van der Waals surface area contributed by atoms with Crippen molar-refractivity contribution in [1.82, 2.24) is 10.2 Å². The van der Waals surface area contributed by atoms with E-state index < -0.39 is 0 Å². The highest BCUT2D eigenvalue weighted by molar-refractivity contribution is 6.31. The van der Waals surface area contributed by atoms with Gasteiger partial charge in [0.25, 0.3) is 0 Å². The molecule has 0 aliphatic carbocycles. The van der Waals surface area contributed by atoms with Crippen molar-refractivity contribution in [2.45, 2.75) is 52.6 Å². The van der Waals surface area contributed by atoms with Crippen LogP contribution in [0.2, 0.25) is 5.02 Å². The van der Waals surface area contributed by atoms with Crippen molar-refractivity contribution in [3.05, 3.63) is 69.7 Å². The summed E-state index contributed by atoms with van der Waals surface area (Å²) in [5, 5.41) is 4.10. The van der Waals surface area contributed by atoms with Gasteiger partial charge < -0.3 is 5.32 Å². The monoisotopic (exact) mass is 398 g/mol. The van der Waals surface area contributed by atoms with Gasteiger partial charge in [-0.05, 0) is 68.0 Å². The summed E-state index contributed by atoms with van der Waals surface area (Å²) in [6.07, 6.45) is 2.89. The second-order valence-electron chi connectivity index (χ2n) is 7.98. The van der Waals surface area contributed by atoms with Crippen molar-refractivity contribution in [2.75, 3.05) is 13.1 Å². The molecular weight excluding hydrogens is 368 g/mol. The third-order valence-electron chi connectivity index (χ3n) is 5.89. The molecule has 2 atom stereocenters. The molecule has 0 radical (unpaired) electrons. The molecular formula is C24H31ClN2O. The molecule has 0 saturated carbocycles. The molecule has 4 heteroatoms. The summed E-state index contributed by atoms with van der Waals surface area (Å²) >= 11 is 6.32. The fourth-order valence-electron chi connectivity index (χ4n) is 3.97. The molecule has 3 rings (SSSR count). The van der Waals surface area contributed by atoms with E-state index in [-0.39, 0.29) is 17.9 Å². The highest BCUT2D eigenvalue weighted by Gasteiger charge is 2.27. The first-order valence-corrected chi connectivity index (χ1v) is 10.7. The lowest BCUT2D eigenvalue weighted by Crippen LogP contribution is -2.43. The first-order chi connectivity index (χ1) is 13.5. The molecule has 1 N–H and O–H groups in total. The van der Waals surface area contributed by atoms with Gasteiger partial charge in [-0.3, -0.25) is 9.69 Å². The Balaban J connectivity index is 1.62. The van der Waals surface area contributed by atoms with Gasteiger partial charge in [0.15, 0.2) is 0 Å². The van der Waals surface area contributed by atoms with Crippen molar-refractivity contribution in [3.8, 4) is 0 Å². The summed E-state index contributed by atoms with van der Waals surface area (Å²) in [4.78, 5) is 15.3. The molecule has 1 heterocycles. The Morgan fingerprint density at radius 2 is 2.00 bits per heavy atom. The van der Waals surface area contributed by atoms with Crippen LogP contribution in [0.3, 0.4) is 0 Å². The maximum atomic E-state index is 13.0. The minimum absolute atomic E-state index is 0.0387. The zero-order valence-corrected chi connectivity index (χ0v) is 17.9. The van der Waals surface area contributed by atoms with Crippen molar-refractivity contribution in [2.24, 2.45) is 5.92 Å². The van der Waals surface area contributed by atoms with Gasteiger partial charge in [0.05, 0.1) is 12.0 Å². The lowest BCUT2D eigenvalue weighted by Gasteiger charge is -2.33. The number of nitrogens with zero attached hydrogens (tertiary/aromatic N) is 1. The third kappa shape index (κ3) is 5.15. The second-order valence-corrected chi connectivity index (χ2v) is 8.39. The van der Waals surface area contributed by atoms with E-state index in [0.717, 1.165) is 49.5 Å². The first-order valence-electron chi connectivity index (χ1n) is 10.3. The zero-order chi connectivity index (χ0) is 20.1. The Morgan fingerprint density at radius 1 is 1.21 bits per heavy atom. The zero-order valence-electron chi connectivity index (χ0n) is 17.2. The molecule has 0 spiro atoms. The summed E-state index contributed by atoms with van der Waals surface area (Å²) in [5.74, 6) is 0.214. The van der Waals surface area contributed by atoms with E-state index in [1.165, 1.54) is 16.7 Å². The summed E-state index contributed by atoms with van der Waals surface area (Å²) in [6, 6.07) is 14.5. The number of benzene rings is 2. The number of aryl methyl sites for hydroxylation is 2. The van der Waals surface area contributed by atoms with Crippen LogP contribution in [0.5, 0.6) is 0 Å². The van der Waals surface area contributed by atoms with Gasteiger partial charge in [-0.25, -0.2) is 0 Å². The number of rotatable bonds is 6. The Kier molecular flexibility index (Phi) is 7.14. The molecule has 0 unspecified atom stereocenters. The molecule has 150 valence electrons. The quantitative estimate of drug-likeness (QED) is 0.702. The Bertz CT molecular complexity index is 820. The van der Waals surface area contributed by atoms with Crippen molar-refractivity contribution in [3.63, 3.8) is 0 Å². The van der Waals surface area contributed by atoms with Crippen LogP contribution in [0.4, 0.5) is 0 Å². The predicted octanol–water partition coefficient (Wildman–Crippen LogP) is 5.44. The number of hydrogen-bond donors (Lipinski definition) is 1. The van der Waals surface area contributed by atoms with Gasteiger partial charge in [0.2, 0.25) is 5.91 Å². The largest absolute Gasteiger partial charge is 0.349 e. The molecule has 1 saturated heterocycles. The van der Waals surface area contributed by atoms with Gasteiger partial charge in [0, 0.05) is 18.1 Å². The summed E-state index contributed by atoms with van der Waals surface area (Å²) in [7, 11) is 0. The fraction of sp³-hybridized carbons (Fsp3) is 0.458. The molecule has 0 bridgehead atoms. The van der Waals surface area contributed by atoms with Gasteiger partial charge in [0.1, 0.15) is 0 Å². The lowest BCUT2D eigenvalue weighted by molar-refractivity contribution is -0.127. The molecule has 1 amide bonds. The van der Waals surface area contributed by atoms with E-state index in [9.17, 15) is 4.79 Å². The summed E-state index contributed by atoms with van der Waals surface area (Å²) in [6.45, 7) is 8.99. The van der Waals surface area contributed by atoms with Crippen LogP contribution in [-0.4, -0.2) is 23.9 Å². The SMILES string of the molecule is CC[C@H](NC(=O)[C@H]1CCCN(Cc2ccccc2Cl)C1)c1ccc(C)c(C)c1. The Hall–Kier alpha value is -1.84. The van der Waals surface area contributed by atoms with Crippen LogP contribution >= 0.6 is 11.6 Å². The maximum Gasteiger partial charge on any atom is 0.224 e. The molecule has 28 heavy (non-hydrogen) atoms. The van der Waals surface area contributed by atoms with Gasteiger partial charge in [-0.2, -0.15) is 0 Å². The first kappa shape index (κ1) is 20.9. The number of piperidine rings is 1. The minimum atomic E-state index is 0.0387. The normalized spacial score (nSPS) is 18.6. The molecule has 2 aromatic carbocycles. The molecule has 1 fully saturated rings. The molecule has 1 aliphatic rings. The van der Waals surface area contributed by atoms with E-state index >= 15 is 0 Å². The van der Waals surface area contributed by atoms with Crippen LogP contribution in [0.1, 0.15) is 54.5 Å². The second kappa shape index (κ2) is 9.58. The van der Waals surface area contributed by atoms with E-state index in [0.29, 0.717) is 0 Å². The van der Waals surface area contributed by atoms with Gasteiger partial charge >= 0.3 is 0 Å². The topological polar surface area (TPSA) is 32.3 Å². The predicted molar refractivity (Wildman–Crippen MR) is 117 cm³/mol. The van der Waals surface area contributed by atoms with Gasteiger partial charge in [-0.15, -0.1) is 0 Å². The van der Waals surface area contributed by atoms with Gasteiger partial charge in [-0.1, -0.05) is 54.9 Å². The van der Waals surface area contributed by atoms with Crippen LogP contribution in [0, 0.1) is 19.8 Å². The van der Waals surface area contributed by atoms with Crippen molar-refractivity contribution >= 4 is 17.5 Å². The number of carbonyl (C=O) groups excluding carboxylic acids is 1. The van der Waals surface area contributed by atoms with Crippen LogP contribution < -0.4 is 5.32 Å². The van der Waals surface area contributed by atoms with E-state index in [2.05, 4.69) is 55.3 Å². The van der Waals surface area contributed by atoms with E-state index in [4.69, 9.17) is 11.6 Å². The number of likely N-dealkylation sites (tertiary alicyclic amines) is 1. The Morgan fingerprint density at radius 3 is 2.71 bits per heavy atom. The minimum Gasteiger partial charge on any atom is -0.349 e. The number of hydrogen-bond acceptors (Lipinski definition) is 2. The van der Waals surface area contributed by atoms with E-state index in [1.54, 1.807) is 0 Å². The molecule has 0 aromatic heterocycles. The highest BCUT2D eigenvalue weighted by Crippen LogP contribution is 2.24. The van der Waals surface area contributed by atoms with Crippen molar-refractivity contribution in [1.29, 1.82) is 0 Å². The summed E-state index contributed by atoms with van der Waals surface area (Å²) in [5.41, 5.74) is 4.88. The lowest BCUT2D eigenvalue weighted by atomic mass is 9.94. The van der Waals surface area contributed by atoms with Crippen LogP contribution in [0.15, 0.2) is 42.5 Å². The average molecular weight is 399 g/mol. The number of nitrogens with one attached hydrogen (secondary N) is 1. The highest BCUT2D eigenvalue weighted by atomic mass is 35.5. The molecule has 1 aliphatic heterocycles. The third-order valence-corrected chi connectivity index (χ3v) is 6.25. The smallest absolute Gasteiger partial charge is 0.224 e. The van der Waals surface area contributed by atoms with Crippen LogP contribution in [-0.2, 0) is 11.3 Å². The Labute approximate surface area is 174 Å². The number of halogens is 1. The van der Waals surface area contributed by atoms with E-state index in [1.807, 2.05) is 18.2 Å². The molecule has 3 nitrogen and oxygen atoms in total. The fourth-order valence-corrected chi connectivity index (χ4v) is 4.17. The average Bonchev–Trinajstić information content (AvgIpc) is 2.70. The standard InChI is InChI=1S/C24H31ClN2O/c1-4-23(19-12-11-17(2)18(3)14-19)26-24(28)21-9-7-13-27(16-21)15-20-8-5-6-10-22(20)25/h5-6,8,10-12,14,21,23H,4,7,9,13,15-16H2,1-3H3,(H,26,28)/t21-,23-/m0/s1. The summed E-state index contributed by atoms with van der Waals surface area (Å²) < 4.78 is 0. The number of amides is 1. The van der Waals surface area contributed by atoms with Crippen LogP contribution in [0.25, 0.3) is 0 Å².